The summed E-state index contributed by atoms with van der Waals surface area (Å²) in [6.45, 7) is 0. The van der Waals surface area contributed by atoms with Crippen LogP contribution in [0.3, 0.4) is 0 Å². The molecule has 3 heterocycles. The molecular formula is C45B28N4O. The largest absolute Gasteiger partial charge is 0.457 e. The van der Waals surface area contributed by atoms with E-state index in [1.807, 2.05) is 0 Å². The second-order valence-electron chi connectivity index (χ2n) is 18.4. The zero-order valence-electron chi connectivity index (χ0n) is 40.9. The first-order valence-electron chi connectivity index (χ1n) is 22.5. The van der Waals surface area contributed by atoms with Gasteiger partial charge in [0.05, 0.1) is 11.1 Å². The Hall–Kier alpha value is -5.03. The minimum Gasteiger partial charge on any atom is -0.457 e. The third-order valence-corrected chi connectivity index (χ3v) is 14.4. The number of furan rings is 1. The molecule has 5 nitrogen and oxygen atoms in total. The van der Waals surface area contributed by atoms with Crippen LogP contribution in [0.1, 0.15) is 0 Å². The molecule has 0 atom stereocenters. The maximum absolute atomic E-state index is 7.17. The molecule has 0 fully saturated rings. The van der Waals surface area contributed by atoms with Gasteiger partial charge in [0.2, 0.25) is 0 Å². The van der Waals surface area contributed by atoms with Gasteiger partial charge in [-0.2, -0.15) is 0 Å². The smallest absolute Gasteiger partial charge is 0.163 e. The van der Waals surface area contributed by atoms with Crippen molar-refractivity contribution in [1.82, 2.24) is 19.5 Å². The van der Waals surface area contributed by atoms with Crippen molar-refractivity contribution < 1.29 is 4.42 Å². The van der Waals surface area contributed by atoms with Gasteiger partial charge in [-0.15, -0.1) is 65.6 Å². The Labute approximate surface area is 488 Å². The van der Waals surface area contributed by atoms with E-state index in [2.05, 4.69) is 4.98 Å². The molecule has 33 heteroatoms. The van der Waals surface area contributed by atoms with Crippen LogP contribution in [0.4, 0.5) is 0 Å². The lowest BCUT2D eigenvalue weighted by molar-refractivity contribution is 0.674. The number of rotatable bonds is 5. The average molecular weight is 915 g/mol. The van der Waals surface area contributed by atoms with Gasteiger partial charge in [0, 0.05) is 38.5 Å². The molecule has 0 N–H and O–H groups in total. The van der Waals surface area contributed by atoms with E-state index in [9.17, 15) is 0 Å². The fourth-order valence-electron chi connectivity index (χ4n) is 10.0. The monoisotopic (exact) mass is 920 g/mol. The van der Waals surface area contributed by atoms with Crippen LogP contribution in [-0.4, -0.2) is 239 Å². The molecule has 0 unspecified atom stereocenters. The Morgan fingerprint density at radius 1 is 0.205 bits per heavy atom. The summed E-state index contributed by atoms with van der Waals surface area (Å²) in [7, 11) is 186. The lowest BCUT2D eigenvalue weighted by atomic mass is 9.57. The Morgan fingerprint density at radius 3 is 0.885 bits per heavy atom. The molecule has 3 aromatic heterocycles. The number of nitrogens with zero attached hydrogens (tertiary/aromatic N) is 4. The van der Waals surface area contributed by atoms with E-state index in [1.165, 1.54) is 4.57 Å². The maximum Gasteiger partial charge on any atom is 0.163 e. The molecule has 56 radical (unpaired) electrons. The number of hydrogen-bond donors (Lipinski definition) is 0. The van der Waals surface area contributed by atoms with E-state index in [0.717, 1.165) is 0 Å². The molecule has 78 heavy (non-hydrogen) atoms. The summed E-state index contributed by atoms with van der Waals surface area (Å²) in [5.41, 5.74) is -5.54. The lowest BCUT2D eigenvalue weighted by Crippen LogP contribution is -2.56. The second-order valence-corrected chi connectivity index (χ2v) is 18.4. The van der Waals surface area contributed by atoms with Crippen LogP contribution in [0.5, 0.6) is 0 Å². The predicted octanol–water partition coefficient (Wildman–Crippen LogP) is -22.2. The van der Waals surface area contributed by atoms with Gasteiger partial charge in [0.1, 0.15) is 231 Å². The highest BCUT2D eigenvalue weighted by molar-refractivity contribution is 6.75. The van der Waals surface area contributed by atoms with Crippen LogP contribution >= 0.6 is 0 Å². The molecule has 0 aliphatic heterocycles. The molecule has 7 aromatic carbocycles. The second kappa shape index (κ2) is 19.3. The van der Waals surface area contributed by atoms with Crippen molar-refractivity contribution in [2.75, 3.05) is 0 Å². The molecule has 0 aliphatic carbocycles. The summed E-state index contributed by atoms with van der Waals surface area (Å²) < 4.78 is 8.02. The SMILES string of the molecule is [B]c1c([B])c([B])c(-c2nc(-c3c([B])c([B])c([B])c([B])c3[B])nc(-c3c([B])c([B])c4c(oc5c([B])c([B])c([B])c(-n6c7c([B])c([B])c([B])c([B])c7c7c([B])c(-c8c([B])c([B])c([B])c([B])c8[B])c([B])c([B])c76)c54)c3[B])n2)c([B])c1[B]. The van der Waals surface area contributed by atoms with Crippen LogP contribution < -0.4 is 153 Å². The first-order chi connectivity index (χ1) is 36.4. The summed E-state index contributed by atoms with van der Waals surface area (Å²) in [6, 6.07) is 0. The van der Waals surface area contributed by atoms with E-state index in [1.54, 1.807) is 0 Å². The Morgan fingerprint density at radius 2 is 0.462 bits per heavy atom. The molecule has 290 valence electrons. The minimum absolute atomic E-state index is 0.00133. The highest BCUT2D eigenvalue weighted by Crippen LogP contribution is 2.35. The fourth-order valence-corrected chi connectivity index (χ4v) is 10.0. The minimum atomic E-state index is -0.328. The number of aromatic nitrogens is 4. The number of fused-ring (bicyclic) bond motifs is 6. The van der Waals surface area contributed by atoms with Crippen molar-refractivity contribution in [1.29, 1.82) is 0 Å². The van der Waals surface area contributed by atoms with Crippen molar-refractivity contribution >= 4 is 416 Å². The van der Waals surface area contributed by atoms with E-state index in [0.29, 0.717) is 0 Å². The third kappa shape index (κ3) is 7.52. The average Bonchev–Trinajstić information content (AvgIpc) is 3.68. The molecule has 0 spiro atoms. The normalized spacial score (nSPS) is 11.7. The first-order valence-corrected chi connectivity index (χ1v) is 22.5. The summed E-state index contributed by atoms with van der Waals surface area (Å²) >= 11 is 0. The summed E-state index contributed by atoms with van der Waals surface area (Å²) in [5.74, 6) is -0.908. The van der Waals surface area contributed by atoms with Gasteiger partial charge in [-0.1, -0.05) is 81.9 Å². The summed E-state index contributed by atoms with van der Waals surface area (Å²) in [6.07, 6.45) is 0. The van der Waals surface area contributed by atoms with Crippen molar-refractivity contribution in [2.24, 2.45) is 0 Å². The maximum atomic E-state index is 7.17. The third-order valence-electron chi connectivity index (χ3n) is 14.4. The van der Waals surface area contributed by atoms with Crippen LogP contribution in [-0.2, 0) is 0 Å². The van der Waals surface area contributed by atoms with Gasteiger partial charge in [0.25, 0.3) is 0 Å². The zero-order valence-corrected chi connectivity index (χ0v) is 40.9. The van der Waals surface area contributed by atoms with E-state index >= 15 is 0 Å². The number of hydrogen-bond acceptors (Lipinski definition) is 4. The Bertz CT molecular complexity index is 4320. The Kier molecular flexibility index (Phi) is 13.9. The molecule has 0 aliphatic rings. The fraction of sp³-hybridized carbons (Fsp3) is 0. The van der Waals surface area contributed by atoms with Gasteiger partial charge < -0.3 is 8.98 Å². The number of benzene rings is 7. The topological polar surface area (TPSA) is 56.7 Å². The highest BCUT2D eigenvalue weighted by atomic mass is 16.3. The molecule has 0 saturated heterocycles. The Balaban J connectivity index is 1.38. The van der Waals surface area contributed by atoms with Crippen molar-refractivity contribution in [2.45, 2.75) is 0 Å². The standard InChI is InChI=1S/C45B28N4O/c46-10-1(2-11(47)22(58)29(65)23(59)12(2)48)13(49)34(70)38-3(10)4-14(50)24(60)32(68)35(71)39(4)77(38)40-6-5-15(51)16(52)9(21(57)41(5)78-42(6)37(73)33(69)36(40)72)45-75-43(7-17(53)25(61)30(66)26(62)18(7)54)74-44(76-45)8-19(55)27(63)31(67)28(64)20(8)56. The van der Waals surface area contributed by atoms with Crippen molar-refractivity contribution in [3.05, 3.63) is 0 Å². The van der Waals surface area contributed by atoms with Gasteiger partial charge in [-0.3, -0.25) is 0 Å². The highest BCUT2D eigenvalue weighted by Gasteiger charge is 2.31. The van der Waals surface area contributed by atoms with Crippen LogP contribution in [0, 0.1) is 0 Å². The van der Waals surface area contributed by atoms with E-state index in [-0.39, 0.29) is 248 Å². The van der Waals surface area contributed by atoms with Crippen molar-refractivity contribution in [3.63, 3.8) is 0 Å². The summed E-state index contributed by atoms with van der Waals surface area (Å²) in [4.78, 5) is 14.1. The van der Waals surface area contributed by atoms with Crippen LogP contribution in [0.15, 0.2) is 4.42 Å². The van der Waals surface area contributed by atoms with E-state index in [4.69, 9.17) is 234 Å². The molecule has 10 aromatic rings. The summed E-state index contributed by atoms with van der Waals surface area (Å²) in [5, 5.41) is 0.145. The van der Waals surface area contributed by atoms with Gasteiger partial charge in [0.15, 0.2) is 17.5 Å². The van der Waals surface area contributed by atoms with Gasteiger partial charge in [-0.25, -0.2) is 15.0 Å². The molecule has 0 saturated carbocycles. The van der Waals surface area contributed by atoms with Gasteiger partial charge >= 0.3 is 0 Å². The van der Waals surface area contributed by atoms with Gasteiger partial charge in [-0.05, 0) is 22.0 Å². The quantitative estimate of drug-likeness (QED) is 0.161. The first kappa shape index (κ1) is 56.3. The molecule has 0 amide bonds. The predicted molar refractivity (Wildman–Crippen MR) is 354 cm³/mol. The molecular weight excluding hydrogens is 915 g/mol. The molecule has 10 rings (SSSR count). The lowest BCUT2D eigenvalue weighted by Gasteiger charge is -2.26. The molecule has 0 bridgehead atoms. The van der Waals surface area contributed by atoms with Crippen molar-refractivity contribution in [3.8, 4) is 51.0 Å². The zero-order chi connectivity index (χ0) is 57.4. The van der Waals surface area contributed by atoms with Crippen LogP contribution in [0.25, 0.3) is 94.7 Å². The van der Waals surface area contributed by atoms with E-state index < -0.39 is 0 Å². The van der Waals surface area contributed by atoms with Crippen LogP contribution in [0.2, 0.25) is 0 Å².